The van der Waals surface area contributed by atoms with Crippen molar-refractivity contribution in [2.24, 2.45) is 0 Å². The highest BCUT2D eigenvalue weighted by atomic mass is 14.5. The molecule has 0 spiro atoms. The summed E-state index contributed by atoms with van der Waals surface area (Å²) in [5.41, 5.74) is 31.1. The highest BCUT2D eigenvalue weighted by Crippen LogP contribution is 2.58. The van der Waals surface area contributed by atoms with Crippen LogP contribution in [0.1, 0.15) is 114 Å². The topological polar surface area (TPSA) is 0 Å². The first-order chi connectivity index (χ1) is 36.5. The van der Waals surface area contributed by atoms with Crippen LogP contribution < -0.4 is 0 Å². The highest BCUT2D eigenvalue weighted by Gasteiger charge is 2.48. The molecule has 3 aliphatic carbocycles. The Bertz CT molecular complexity index is 4090. The van der Waals surface area contributed by atoms with Gasteiger partial charge < -0.3 is 0 Å². The third kappa shape index (κ3) is 6.68. The Labute approximate surface area is 443 Å². The van der Waals surface area contributed by atoms with E-state index >= 15 is 0 Å². The highest BCUT2D eigenvalue weighted by molar-refractivity contribution is 6.04. The quantitative estimate of drug-likeness (QED) is 0.142. The molecule has 0 amide bonds. The maximum atomic E-state index is 2.49. The lowest BCUT2D eigenvalue weighted by Gasteiger charge is -2.34. The van der Waals surface area contributed by atoms with Gasteiger partial charge in [-0.1, -0.05) is 261 Å². The van der Waals surface area contributed by atoms with Crippen LogP contribution in [0.4, 0.5) is 0 Å². The van der Waals surface area contributed by atoms with Crippen molar-refractivity contribution >= 4 is 10.8 Å². The van der Waals surface area contributed by atoms with Crippen molar-refractivity contribution in [2.75, 3.05) is 0 Å². The Hall–Kier alpha value is -8.32. The molecule has 0 aromatic heterocycles. The van der Waals surface area contributed by atoms with Crippen LogP contribution >= 0.6 is 0 Å². The minimum Gasteiger partial charge on any atom is -0.0619 e. The average molecular weight is 961 g/mol. The molecule has 2 unspecified atom stereocenters. The monoisotopic (exact) mass is 960 g/mol. The fraction of sp³-hybridized carbons (Fsp3) is 0.147. The molecule has 75 heavy (non-hydrogen) atoms. The molecule has 0 aliphatic heterocycles. The second kappa shape index (κ2) is 16.9. The zero-order valence-electron chi connectivity index (χ0n) is 43.9. The fourth-order valence-corrected chi connectivity index (χ4v) is 14.2. The molecule has 3 aliphatic rings. The van der Waals surface area contributed by atoms with Crippen LogP contribution in [0.15, 0.2) is 231 Å². The Morgan fingerprint density at radius 1 is 0.280 bits per heavy atom. The molecule has 11 aromatic carbocycles. The van der Waals surface area contributed by atoms with Crippen LogP contribution in [-0.4, -0.2) is 0 Å². The first-order valence-electron chi connectivity index (χ1n) is 27.0. The van der Waals surface area contributed by atoms with Gasteiger partial charge in [0.25, 0.3) is 0 Å². The zero-order valence-corrected chi connectivity index (χ0v) is 43.9. The molecule has 0 bridgehead atoms. The molecule has 360 valence electrons. The second-order valence-electron chi connectivity index (χ2n) is 22.7. The van der Waals surface area contributed by atoms with E-state index in [9.17, 15) is 0 Å². The number of fused-ring (bicyclic) bond motifs is 11. The summed E-state index contributed by atoms with van der Waals surface area (Å²) in [4.78, 5) is 0. The fourth-order valence-electron chi connectivity index (χ4n) is 14.2. The van der Waals surface area contributed by atoms with Crippen molar-refractivity contribution in [3.05, 3.63) is 331 Å². The van der Waals surface area contributed by atoms with Crippen LogP contribution in [0.3, 0.4) is 0 Å². The summed E-state index contributed by atoms with van der Waals surface area (Å²) < 4.78 is 0. The Morgan fingerprint density at radius 2 is 0.680 bits per heavy atom. The van der Waals surface area contributed by atoms with Gasteiger partial charge >= 0.3 is 0 Å². The predicted octanol–water partition coefficient (Wildman–Crippen LogP) is 18.3. The number of benzene rings is 11. The molecule has 0 radical (unpaired) electrons. The van der Waals surface area contributed by atoms with Gasteiger partial charge in [-0.2, -0.15) is 0 Å². The van der Waals surface area contributed by atoms with Gasteiger partial charge in [0.1, 0.15) is 0 Å². The van der Waals surface area contributed by atoms with Crippen molar-refractivity contribution in [2.45, 2.75) is 70.6 Å². The lowest BCUT2D eigenvalue weighted by molar-refractivity contribution is 0.660. The molecule has 0 fully saturated rings. The number of hydrogen-bond acceptors (Lipinski definition) is 0. The first kappa shape index (κ1) is 45.3. The zero-order chi connectivity index (χ0) is 50.8. The predicted molar refractivity (Wildman–Crippen MR) is 314 cm³/mol. The van der Waals surface area contributed by atoms with Gasteiger partial charge in [0, 0.05) is 5.41 Å². The summed E-state index contributed by atoms with van der Waals surface area (Å²) in [5, 5.41) is 2.72. The number of hydrogen-bond donors (Lipinski definition) is 0. The molecular formula is C75H60. The van der Waals surface area contributed by atoms with Crippen molar-refractivity contribution in [3.8, 4) is 33.4 Å². The van der Waals surface area contributed by atoms with E-state index in [-0.39, 0.29) is 5.41 Å². The average Bonchev–Trinajstić information content (AvgIpc) is 4.16. The number of rotatable bonds is 8. The SMILES string of the molecule is Cc1ccc(C2(c3ccc(Cc4ccc5c(c4)-c4ccccc4C5(c4ccc(C)cc4)c4ccc(Cc5ccc6c7c(cc(C)c6c5)C(C)(C)c5ccccc5-7)cc4)cc3)c3ccccc3-c3cc(C)ccc32)cc1. The second-order valence-corrected chi connectivity index (χ2v) is 22.7. The molecule has 2 atom stereocenters. The van der Waals surface area contributed by atoms with E-state index in [4.69, 9.17) is 0 Å². The van der Waals surface area contributed by atoms with Gasteiger partial charge in [-0.3, -0.25) is 0 Å². The van der Waals surface area contributed by atoms with Gasteiger partial charge in [0.15, 0.2) is 0 Å². The van der Waals surface area contributed by atoms with E-state index < -0.39 is 10.8 Å². The molecule has 11 aromatic rings. The van der Waals surface area contributed by atoms with Crippen molar-refractivity contribution in [3.63, 3.8) is 0 Å². The van der Waals surface area contributed by atoms with Crippen LogP contribution in [0, 0.1) is 27.7 Å². The third-order valence-electron chi connectivity index (χ3n) is 17.8. The molecule has 0 N–H and O–H groups in total. The van der Waals surface area contributed by atoms with Gasteiger partial charge in [-0.25, -0.2) is 0 Å². The van der Waals surface area contributed by atoms with Crippen molar-refractivity contribution in [1.29, 1.82) is 0 Å². The molecule has 0 heterocycles. The molecular weight excluding hydrogens is 901 g/mol. The molecule has 0 saturated carbocycles. The van der Waals surface area contributed by atoms with Gasteiger partial charge in [-0.05, 0) is 168 Å². The summed E-state index contributed by atoms with van der Waals surface area (Å²) in [6.07, 6.45) is 1.71. The van der Waals surface area contributed by atoms with Gasteiger partial charge in [-0.15, -0.1) is 0 Å². The normalized spacial score (nSPS) is 17.3. The Kier molecular flexibility index (Phi) is 10.2. The minimum absolute atomic E-state index is 0.0124. The van der Waals surface area contributed by atoms with E-state index in [1.54, 1.807) is 0 Å². The van der Waals surface area contributed by atoms with Crippen LogP contribution in [0.2, 0.25) is 0 Å². The van der Waals surface area contributed by atoms with Crippen LogP contribution in [-0.2, 0) is 29.1 Å². The third-order valence-corrected chi connectivity index (χ3v) is 17.8. The smallest absolute Gasteiger partial charge is 0.0619 e. The van der Waals surface area contributed by atoms with Gasteiger partial charge in [0.2, 0.25) is 0 Å². The molecule has 0 heteroatoms. The van der Waals surface area contributed by atoms with E-state index in [1.807, 2.05) is 0 Å². The summed E-state index contributed by atoms with van der Waals surface area (Å²) in [6.45, 7) is 13.6. The minimum atomic E-state index is -0.473. The van der Waals surface area contributed by atoms with E-state index in [1.165, 1.54) is 144 Å². The largest absolute Gasteiger partial charge is 0.0713 e. The first-order valence-corrected chi connectivity index (χ1v) is 27.0. The molecule has 0 nitrogen and oxygen atoms in total. The van der Waals surface area contributed by atoms with Crippen LogP contribution in [0.25, 0.3) is 44.2 Å². The summed E-state index contributed by atoms with van der Waals surface area (Å²) in [7, 11) is 0. The van der Waals surface area contributed by atoms with Crippen LogP contribution in [0.5, 0.6) is 0 Å². The summed E-state index contributed by atoms with van der Waals surface area (Å²) >= 11 is 0. The standard InChI is InChI=1S/C75H60/c1-47-19-30-55(31-20-47)74(67-17-11-7-13-59(67)64-41-49(3)23-39-69(64)74)57-34-26-52(27-35-57)44-54-29-40-70-65(46-54)60-14-8-12-18-68(60)75(70,56-32-21-48(2)22-33-56)58-36-24-51(25-37-58)43-53-28-38-61-63(45-53)50(4)42-71-72(61)62-15-9-10-16-66(62)73(71,5)6/h7-42,45-46H,43-44H2,1-6H3. The van der Waals surface area contributed by atoms with Crippen molar-refractivity contribution in [1.82, 2.24) is 0 Å². The van der Waals surface area contributed by atoms with Crippen molar-refractivity contribution < 1.29 is 0 Å². The Morgan fingerprint density at radius 3 is 1.23 bits per heavy atom. The van der Waals surface area contributed by atoms with E-state index in [2.05, 4.69) is 272 Å². The molecule has 0 saturated heterocycles. The maximum Gasteiger partial charge on any atom is 0.0713 e. The summed E-state index contributed by atoms with van der Waals surface area (Å²) in [5.74, 6) is 0. The summed E-state index contributed by atoms with van der Waals surface area (Å²) in [6, 6.07) is 89.0. The lowest BCUT2D eigenvalue weighted by atomic mass is 9.67. The Balaban J connectivity index is 0.818. The molecule has 14 rings (SSSR count). The van der Waals surface area contributed by atoms with Gasteiger partial charge in [0.05, 0.1) is 10.8 Å². The lowest BCUT2D eigenvalue weighted by Crippen LogP contribution is -2.28. The van der Waals surface area contributed by atoms with E-state index in [0.29, 0.717) is 0 Å². The maximum absolute atomic E-state index is 2.49. The van der Waals surface area contributed by atoms with E-state index in [0.717, 1.165) is 12.8 Å². The number of aryl methyl sites for hydroxylation is 4.